The van der Waals surface area contributed by atoms with Crippen molar-refractivity contribution in [1.82, 2.24) is 9.80 Å². The quantitative estimate of drug-likeness (QED) is 0.610. The molecule has 5 rings (SSSR count). The van der Waals surface area contributed by atoms with Crippen molar-refractivity contribution < 1.29 is 4.79 Å². The molecule has 3 fully saturated rings. The van der Waals surface area contributed by atoms with Crippen LogP contribution in [0.5, 0.6) is 0 Å². The second kappa shape index (κ2) is 8.26. The van der Waals surface area contributed by atoms with E-state index in [1.165, 1.54) is 18.4 Å². The number of likely N-dealkylation sites (tertiary alicyclic amines) is 1. The molecule has 1 amide bonds. The van der Waals surface area contributed by atoms with Gasteiger partial charge < -0.3 is 4.90 Å². The number of carbonyl (C=O) groups excluding carboxylic acids is 1. The van der Waals surface area contributed by atoms with Gasteiger partial charge in [-0.05, 0) is 55.7 Å². The van der Waals surface area contributed by atoms with Crippen LogP contribution in [-0.2, 0) is 4.79 Å². The Kier molecular flexibility index (Phi) is 5.61. The van der Waals surface area contributed by atoms with Crippen molar-refractivity contribution >= 4 is 17.5 Å². The molecule has 3 heterocycles. The lowest BCUT2D eigenvalue weighted by Gasteiger charge is -2.37. The molecule has 3 aliphatic heterocycles. The molecule has 0 radical (unpaired) electrons. The average Bonchev–Trinajstić information content (AvgIpc) is 3.42. The van der Waals surface area contributed by atoms with Gasteiger partial charge in [-0.3, -0.25) is 9.69 Å². The molecule has 3 unspecified atom stereocenters. The van der Waals surface area contributed by atoms with E-state index in [0.29, 0.717) is 36.2 Å². The highest BCUT2D eigenvalue weighted by molar-refractivity contribution is 6.22. The lowest BCUT2D eigenvalue weighted by Crippen LogP contribution is -2.48. The van der Waals surface area contributed by atoms with Crippen LogP contribution in [0.15, 0.2) is 47.6 Å². The molecule has 5 aliphatic rings. The van der Waals surface area contributed by atoms with Crippen LogP contribution in [-0.4, -0.2) is 52.3 Å². The summed E-state index contributed by atoms with van der Waals surface area (Å²) in [7, 11) is 0. The molecule has 164 valence electrons. The van der Waals surface area contributed by atoms with E-state index >= 15 is 0 Å². The number of halogens is 1. The molecular weight excluding hydrogens is 406 g/mol. The number of carbonyl (C=O) groups is 1. The van der Waals surface area contributed by atoms with Crippen molar-refractivity contribution in [2.24, 2.45) is 23.7 Å². The van der Waals surface area contributed by atoms with Gasteiger partial charge in [0.25, 0.3) is 0 Å². The Hall–Kier alpha value is -1.83. The van der Waals surface area contributed by atoms with E-state index in [9.17, 15) is 10.1 Å². The van der Waals surface area contributed by atoms with Crippen molar-refractivity contribution in [3.05, 3.63) is 47.6 Å². The molecule has 0 saturated carbocycles. The topological polar surface area (TPSA) is 47.3 Å². The Morgan fingerprint density at radius 1 is 1.23 bits per heavy atom. The molecule has 2 aliphatic carbocycles. The normalized spacial score (nSPS) is 39.5. The van der Waals surface area contributed by atoms with Crippen LogP contribution in [0.2, 0.25) is 0 Å². The van der Waals surface area contributed by atoms with Gasteiger partial charge in [0.1, 0.15) is 0 Å². The second-order valence-corrected chi connectivity index (χ2v) is 10.7. The zero-order valence-corrected chi connectivity index (χ0v) is 19.2. The fourth-order valence-electron chi connectivity index (χ4n) is 6.99. The van der Waals surface area contributed by atoms with Crippen LogP contribution in [0, 0.1) is 35.0 Å². The summed E-state index contributed by atoms with van der Waals surface area (Å²) in [5.74, 6) is 1.56. The van der Waals surface area contributed by atoms with Crippen LogP contribution >= 0.6 is 11.6 Å². The Morgan fingerprint density at radius 3 is 2.71 bits per heavy atom. The van der Waals surface area contributed by atoms with E-state index in [4.69, 9.17) is 11.6 Å². The molecule has 0 N–H and O–H groups in total. The number of hydrogen-bond acceptors (Lipinski definition) is 3. The third-order valence-electron chi connectivity index (χ3n) is 8.14. The number of nitrogens with zero attached hydrogens (tertiary/aromatic N) is 3. The molecule has 3 saturated heterocycles. The largest absolute Gasteiger partial charge is 0.334 e. The Morgan fingerprint density at radius 2 is 2.06 bits per heavy atom. The number of nitriles is 1. The summed E-state index contributed by atoms with van der Waals surface area (Å²) in [5, 5.41) is 9.30. The Bertz CT molecular complexity index is 910. The molecule has 7 atom stereocenters. The van der Waals surface area contributed by atoms with Gasteiger partial charge in [-0.1, -0.05) is 44.2 Å². The van der Waals surface area contributed by atoms with E-state index in [1.54, 1.807) is 0 Å². The maximum Gasteiger partial charge on any atom is 0.228 e. The zero-order chi connectivity index (χ0) is 21.7. The molecule has 31 heavy (non-hydrogen) atoms. The number of allylic oxidation sites excluding steroid dienone is 5. The first-order valence-electron chi connectivity index (χ1n) is 11.9. The smallest absolute Gasteiger partial charge is 0.228 e. The third-order valence-corrected chi connectivity index (χ3v) is 8.46. The molecule has 5 heteroatoms. The summed E-state index contributed by atoms with van der Waals surface area (Å²) >= 11 is 6.22. The Balaban J connectivity index is 1.46. The monoisotopic (exact) mass is 437 g/mol. The van der Waals surface area contributed by atoms with Crippen molar-refractivity contribution in [3.8, 4) is 6.07 Å². The molecule has 0 bridgehead atoms. The highest BCUT2D eigenvalue weighted by atomic mass is 35.5. The molecule has 0 aromatic heterocycles. The van der Waals surface area contributed by atoms with Crippen LogP contribution in [0.3, 0.4) is 0 Å². The summed E-state index contributed by atoms with van der Waals surface area (Å²) < 4.78 is 0. The van der Waals surface area contributed by atoms with Crippen LogP contribution < -0.4 is 0 Å². The number of hydrogen-bond donors (Lipinski definition) is 0. The van der Waals surface area contributed by atoms with Crippen molar-refractivity contribution in [2.45, 2.75) is 63.0 Å². The fraction of sp³-hybridized carbons (Fsp3) is 0.615. The van der Waals surface area contributed by atoms with Crippen LogP contribution in [0.1, 0.15) is 39.5 Å². The number of alkyl halides is 1. The van der Waals surface area contributed by atoms with Gasteiger partial charge in [0, 0.05) is 36.2 Å². The minimum atomic E-state index is 0.0679. The molecular formula is C26H32ClN3O. The van der Waals surface area contributed by atoms with Gasteiger partial charge in [-0.25, -0.2) is 0 Å². The van der Waals surface area contributed by atoms with Crippen LogP contribution in [0.25, 0.3) is 0 Å². The van der Waals surface area contributed by atoms with Crippen molar-refractivity contribution in [2.75, 3.05) is 13.1 Å². The first-order chi connectivity index (χ1) is 15.0. The predicted octanol–water partition coefficient (Wildman–Crippen LogP) is 4.45. The maximum atomic E-state index is 14.0. The van der Waals surface area contributed by atoms with Crippen molar-refractivity contribution in [1.29, 1.82) is 5.26 Å². The van der Waals surface area contributed by atoms with Gasteiger partial charge in [0.05, 0.1) is 17.4 Å². The van der Waals surface area contributed by atoms with Gasteiger partial charge in [0.2, 0.25) is 5.91 Å². The maximum absolute atomic E-state index is 14.0. The molecule has 0 aromatic rings. The third kappa shape index (κ3) is 3.51. The number of fused-ring (bicyclic) bond motifs is 3. The molecule has 4 nitrogen and oxygen atoms in total. The van der Waals surface area contributed by atoms with Crippen LogP contribution in [0.4, 0.5) is 0 Å². The molecule has 0 spiro atoms. The van der Waals surface area contributed by atoms with E-state index in [-0.39, 0.29) is 23.4 Å². The summed E-state index contributed by atoms with van der Waals surface area (Å²) in [6.07, 6.45) is 16.7. The molecule has 0 aromatic carbocycles. The lowest BCUT2D eigenvalue weighted by atomic mass is 9.76. The standard InChI is InChI=1S/C26H32ClN3O/c1-16(2)24-22-21-4-3-13-29(21)25(19-9-5-17(14-28)6-10-19)23(22)26(31)30(24)15-18-7-11-20(27)12-8-18/h5-9,11,16,19-25H,3-4,10,12-13,15H2,1-2H3/t19?,20?,21-,22?,23-,24+,25-/m0/s1. The van der Waals surface area contributed by atoms with E-state index < -0.39 is 0 Å². The summed E-state index contributed by atoms with van der Waals surface area (Å²) in [6.45, 7) is 6.36. The highest BCUT2D eigenvalue weighted by Gasteiger charge is 2.63. The Labute approximate surface area is 190 Å². The highest BCUT2D eigenvalue weighted by Crippen LogP contribution is 2.53. The van der Waals surface area contributed by atoms with Gasteiger partial charge in [-0.15, -0.1) is 11.6 Å². The first-order valence-corrected chi connectivity index (χ1v) is 12.3. The van der Waals surface area contributed by atoms with Gasteiger partial charge in [0.15, 0.2) is 0 Å². The summed E-state index contributed by atoms with van der Waals surface area (Å²) in [5.41, 5.74) is 1.96. The second-order valence-electron chi connectivity index (χ2n) is 10.2. The fourth-order valence-corrected chi connectivity index (χ4v) is 7.16. The number of amides is 1. The van der Waals surface area contributed by atoms with E-state index in [1.807, 2.05) is 6.08 Å². The van der Waals surface area contributed by atoms with Gasteiger partial charge >= 0.3 is 0 Å². The predicted molar refractivity (Wildman–Crippen MR) is 123 cm³/mol. The first kappa shape index (κ1) is 21.0. The van der Waals surface area contributed by atoms with E-state index in [0.717, 1.165) is 25.0 Å². The van der Waals surface area contributed by atoms with E-state index in [2.05, 4.69) is 60.1 Å². The van der Waals surface area contributed by atoms with Gasteiger partial charge in [-0.2, -0.15) is 5.26 Å². The SMILES string of the molecule is CC(C)[C@@H]1C2[C@H](C(=O)N1CC1=CCC(Cl)C=C1)[C@H](C1C=CC(C#N)=CC1)N1CCC[C@@H]21. The zero-order valence-electron chi connectivity index (χ0n) is 18.5. The summed E-state index contributed by atoms with van der Waals surface area (Å²) in [4.78, 5) is 18.8. The van der Waals surface area contributed by atoms with Crippen molar-refractivity contribution in [3.63, 3.8) is 0 Å². The number of rotatable bonds is 4. The minimum absolute atomic E-state index is 0.0679. The lowest BCUT2D eigenvalue weighted by molar-refractivity contribution is -0.133. The average molecular weight is 438 g/mol. The summed E-state index contributed by atoms with van der Waals surface area (Å²) in [6, 6.07) is 3.31. The minimum Gasteiger partial charge on any atom is -0.334 e.